The van der Waals surface area contributed by atoms with E-state index in [1.807, 2.05) is 0 Å². The van der Waals surface area contributed by atoms with E-state index in [0.29, 0.717) is 32.8 Å². The molecule has 3 rings (SSSR count). The Morgan fingerprint density at radius 3 is 2.50 bits per heavy atom. The van der Waals surface area contributed by atoms with Crippen LogP contribution in [0.5, 0.6) is 0 Å². The van der Waals surface area contributed by atoms with E-state index in [4.69, 9.17) is 4.74 Å². The van der Waals surface area contributed by atoms with Gasteiger partial charge in [-0.2, -0.15) is 17.0 Å². The summed E-state index contributed by atoms with van der Waals surface area (Å²) in [5.74, 6) is 0. The minimum atomic E-state index is -3.32. The lowest BCUT2D eigenvalue weighted by atomic mass is 9.83. The van der Waals surface area contributed by atoms with E-state index in [-0.39, 0.29) is 17.6 Å². The smallest absolute Gasteiger partial charge is 0.282 e. The lowest BCUT2D eigenvalue weighted by molar-refractivity contribution is 0.0192. The first-order chi connectivity index (χ1) is 9.38. The molecule has 0 aliphatic carbocycles. The Balaban J connectivity index is 1.67. The number of ether oxygens (including phenoxy) is 1. The fourth-order valence-corrected chi connectivity index (χ4v) is 4.89. The Labute approximate surface area is 121 Å². The Morgan fingerprint density at radius 1 is 1.15 bits per heavy atom. The van der Waals surface area contributed by atoms with Crippen LogP contribution in [0.3, 0.4) is 0 Å². The van der Waals surface area contributed by atoms with Crippen molar-refractivity contribution in [2.75, 3.05) is 39.3 Å². The number of morpholine rings is 1. The largest absolute Gasteiger partial charge is 0.374 e. The molecule has 7 heteroatoms. The maximum absolute atomic E-state index is 12.7. The Morgan fingerprint density at radius 2 is 1.85 bits per heavy atom. The molecular weight excluding hydrogens is 278 g/mol. The third kappa shape index (κ3) is 2.74. The molecule has 0 amide bonds. The van der Waals surface area contributed by atoms with Crippen molar-refractivity contribution in [3.8, 4) is 0 Å². The van der Waals surface area contributed by atoms with E-state index >= 15 is 0 Å². The molecule has 0 bridgehead atoms. The molecular formula is C13H25N3O3S. The minimum absolute atomic E-state index is 0.0137. The van der Waals surface area contributed by atoms with Gasteiger partial charge in [-0.1, -0.05) is 13.8 Å². The van der Waals surface area contributed by atoms with Gasteiger partial charge in [-0.25, -0.2) is 0 Å². The molecule has 3 aliphatic rings. The molecule has 0 aromatic heterocycles. The molecule has 20 heavy (non-hydrogen) atoms. The molecule has 0 aromatic rings. The SMILES string of the molecule is CC1(C)CCN(S(=O)(=O)N2C[C@@H]3NCCO[C@H]3C2)CC1. The zero-order valence-electron chi connectivity index (χ0n) is 12.3. The van der Waals surface area contributed by atoms with Gasteiger partial charge in [0.25, 0.3) is 10.2 Å². The summed E-state index contributed by atoms with van der Waals surface area (Å²) in [6, 6.07) is 0.153. The molecule has 0 radical (unpaired) electrons. The first kappa shape index (κ1) is 14.7. The van der Waals surface area contributed by atoms with Crippen LogP contribution in [0.2, 0.25) is 0 Å². The highest BCUT2D eigenvalue weighted by molar-refractivity contribution is 7.86. The zero-order chi connectivity index (χ0) is 14.4. The summed E-state index contributed by atoms with van der Waals surface area (Å²) in [6.45, 7) is 8.19. The topological polar surface area (TPSA) is 61.9 Å². The highest BCUT2D eigenvalue weighted by atomic mass is 32.2. The molecule has 3 fully saturated rings. The van der Waals surface area contributed by atoms with Crippen LogP contribution in [0.25, 0.3) is 0 Å². The second-order valence-electron chi connectivity index (χ2n) is 6.86. The van der Waals surface area contributed by atoms with Gasteiger partial charge in [0.15, 0.2) is 0 Å². The molecule has 6 nitrogen and oxygen atoms in total. The molecule has 116 valence electrons. The maximum Gasteiger partial charge on any atom is 0.282 e. The van der Waals surface area contributed by atoms with Crippen molar-refractivity contribution in [2.45, 2.75) is 38.8 Å². The predicted molar refractivity (Wildman–Crippen MR) is 76.6 cm³/mol. The molecule has 3 saturated heterocycles. The number of nitrogens with zero attached hydrogens (tertiary/aromatic N) is 2. The van der Waals surface area contributed by atoms with Gasteiger partial charge in [-0.05, 0) is 18.3 Å². The lowest BCUT2D eigenvalue weighted by Gasteiger charge is -2.37. The molecule has 0 aromatic carbocycles. The van der Waals surface area contributed by atoms with Crippen molar-refractivity contribution < 1.29 is 13.2 Å². The van der Waals surface area contributed by atoms with Gasteiger partial charge in [-0.3, -0.25) is 0 Å². The van der Waals surface area contributed by atoms with Crippen molar-refractivity contribution in [2.24, 2.45) is 5.41 Å². The number of nitrogens with one attached hydrogen (secondary N) is 1. The Hall–Kier alpha value is -0.210. The predicted octanol–water partition coefficient (Wildman–Crippen LogP) is 0.0258. The van der Waals surface area contributed by atoms with Crippen LogP contribution >= 0.6 is 0 Å². The van der Waals surface area contributed by atoms with E-state index < -0.39 is 10.2 Å². The van der Waals surface area contributed by atoms with E-state index in [1.54, 1.807) is 8.61 Å². The summed E-state index contributed by atoms with van der Waals surface area (Å²) in [5.41, 5.74) is 0.260. The number of hydrogen-bond donors (Lipinski definition) is 1. The van der Waals surface area contributed by atoms with Crippen molar-refractivity contribution in [1.82, 2.24) is 13.9 Å². The summed E-state index contributed by atoms with van der Waals surface area (Å²) in [6.07, 6.45) is 1.88. The maximum atomic E-state index is 12.7. The van der Waals surface area contributed by atoms with E-state index in [0.717, 1.165) is 19.4 Å². The number of rotatable bonds is 2. The van der Waals surface area contributed by atoms with Gasteiger partial charge < -0.3 is 10.1 Å². The summed E-state index contributed by atoms with van der Waals surface area (Å²) < 4.78 is 34.3. The normalized spacial score (nSPS) is 35.9. The first-order valence-electron chi connectivity index (χ1n) is 7.49. The van der Waals surface area contributed by atoms with Crippen molar-refractivity contribution in [3.63, 3.8) is 0 Å². The van der Waals surface area contributed by atoms with E-state index in [9.17, 15) is 8.42 Å². The van der Waals surface area contributed by atoms with Gasteiger partial charge in [0.05, 0.1) is 12.7 Å². The molecule has 1 N–H and O–H groups in total. The number of piperidine rings is 1. The third-order valence-corrected chi connectivity index (χ3v) is 6.77. The quantitative estimate of drug-likeness (QED) is 0.781. The highest BCUT2D eigenvalue weighted by Crippen LogP contribution is 2.32. The molecule has 0 saturated carbocycles. The summed E-state index contributed by atoms with van der Waals surface area (Å²) in [5, 5.41) is 3.35. The Bertz CT molecular complexity index is 441. The Kier molecular flexibility index (Phi) is 3.83. The summed E-state index contributed by atoms with van der Waals surface area (Å²) in [4.78, 5) is 0. The summed E-state index contributed by atoms with van der Waals surface area (Å²) in [7, 11) is -3.32. The second-order valence-corrected chi connectivity index (χ2v) is 8.79. The van der Waals surface area contributed by atoms with E-state index in [1.165, 1.54) is 0 Å². The fourth-order valence-electron chi connectivity index (χ4n) is 3.23. The number of fused-ring (bicyclic) bond motifs is 1. The average Bonchev–Trinajstić information content (AvgIpc) is 2.82. The molecule has 3 heterocycles. The highest BCUT2D eigenvalue weighted by Gasteiger charge is 2.43. The van der Waals surface area contributed by atoms with Crippen LogP contribution in [0.15, 0.2) is 0 Å². The van der Waals surface area contributed by atoms with Crippen molar-refractivity contribution in [3.05, 3.63) is 0 Å². The number of hydrogen-bond acceptors (Lipinski definition) is 4. The summed E-state index contributed by atoms with van der Waals surface area (Å²) >= 11 is 0. The molecule has 0 unspecified atom stereocenters. The van der Waals surface area contributed by atoms with Gasteiger partial charge in [0.2, 0.25) is 0 Å². The average molecular weight is 303 g/mol. The molecule has 0 spiro atoms. The monoisotopic (exact) mass is 303 g/mol. The fraction of sp³-hybridized carbons (Fsp3) is 1.00. The second kappa shape index (κ2) is 5.21. The van der Waals surface area contributed by atoms with Crippen LogP contribution < -0.4 is 5.32 Å². The third-order valence-electron chi connectivity index (χ3n) is 4.80. The molecule has 2 atom stereocenters. The van der Waals surface area contributed by atoms with Crippen LogP contribution in [0.1, 0.15) is 26.7 Å². The minimum Gasteiger partial charge on any atom is -0.374 e. The van der Waals surface area contributed by atoms with Gasteiger partial charge in [0.1, 0.15) is 0 Å². The van der Waals surface area contributed by atoms with Crippen LogP contribution in [-0.4, -0.2) is 68.5 Å². The van der Waals surface area contributed by atoms with Crippen molar-refractivity contribution >= 4 is 10.2 Å². The molecule has 3 aliphatic heterocycles. The van der Waals surface area contributed by atoms with Crippen LogP contribution in [0.4, 0.5) is 0 Å². The van der Waals surface area contributed by atoms with Crippen LogP contribution in [-0.2, 0) is 14.9 Å². The van der Waals surface area contributed by atoms with Gasteiger partial charge in [0, 0.05) is 38.8 Å². The standard InChI is InChI=1S/C13H25N3O3S/c1-13(2)3-6-15(7-4-13)20(17,18)16-9-11-12(10-16)19-8-5-14-11/h11-12,14H,3-10H2,1-2H3/t11-,12-/m0/s1. The van der Waals surface area contributed by atoms with Crippen molar-refractivity contribution in [1.29, 1.82) is 0 Å². The first-order valence-corrected chi connectivity index (χ1v) is 8.88. The van der Waals surface area contributed by atoms with Gasteiger partial charge >= 0.3 is 0 Å². The van der Waals surface area contributed by atoms with Crippen LogP contribution in [0, 0.1) is 5.41 Å². The zero-order valence-corrected chi connectivity index (χ0v) is 13.2. The van der Waals surface area contributed by atoms with Gasteiger partial charge in [-0.15, -0.1) is 0 Å². The van der Waals surface area contributed by atoms with E-state index in [2.05, 4.69) is 19.2 Å². The lowest BCUT2D eigenvalue weighted by Crippen LogP contribution is -2.48.